The van der Waals surface area contributed by atoms with E-state index in [0.29, 0.717) is 13.1 Å². The van der Waals surface area contributed by atoms with E-state index in [2.05, 4.69) is 10.0 Å². The van der Waals surface area contributed by atoms with Crippen LogP contribution in [0.5, 0.6) is 0 Å². The number of hydrogen-bond donors (Lipinski definition) is 3. The lowest BCUT2D eigenvalue weighted by Gasteiger charge is -2.20. The smallest absolute Gasteiger partial charge is 0.244 e. The van der Waals surface area contributed by atoms with Gasteiger partial charge in [0.2, 0.25) is 15.9 Å². The van der Waals surface area contributed by atoms with E-state index in [1.54, 1.807) is 24.3 Å². The Kier molecular flexibility index (Phi) is 7.46. The highest BCUT2D eigenvalue weighted by Crippen LogP contribution is 2.15. The molecule has 6 nitrogen and oxygen atoms in total. The van der Waals surface area contributed by atoms with E-state index in [9.17, 15) is 17.6 Å². The van der Waals surface area contributed by atoms with Crippen molar-refractivity contribution in [3.8, 4) is 0 Å². The zero-order valence-corrected chi connectivity index (χ0v) is 15.9. The third-order valence-corrected chi connectivity index (χ3v) is 5.55. The number of amides is 1. The average Bonchev–Trinajstić information content (AvgIpc) is 2.66. The third-order valence-electron chi connectivity index (χ3n) is 4.05. The van der Waals surface area contributed by atoms with Crippen LogP contribution in [0.4, 0.5) is 4.39 Å². The van der Waals surface area contributed by atoms with Crippen LogP contribution in [0.1, 0.15) is 12.5 Å². The highest BCUT2D eigenvalue weighted by molar-refractivity contribution is 7.89. The lowest BCUT2D eigenvalue weighted by molar-refractivity contribution is -0.122. The van der Waals surface area contributed by atoms with Crippen molar-refractivity contribution in [3.05, 3.63) is 66.0 Å². The standard InChI is InChI=1S/C19H24FN3O3S/c1-14(12-21)13-22-19(24)17(11-15-7-3-2-4-8-15)23-27(25,26)18-10-6-5-9-16(18)20/h2-10,14,17,23H,11-13,21H2,1H3,(H,22,24). The molecule has 0 aliphatic heterocycles. The molecule has 8 heteroatoms. The number of halogens is 1. The van der Waals surface area contributed by atoms with Crippen LogP contribution < -0.4 is 15.8 Å². The summed E-state index contributed by atoms with van der Waals surface area (Å²) in [7, 11) is -4.21. The van der Waals surface area contributed by atoms with Crippen molar-refractivity contribution < 1.29 is 17.6 Å². The second kappa shape index (κ2) is 9.59. The molecule has 2 rings (SSSR count). The minimum Gasteiger partial charge on any atom is -0.354 e. The molecule has 2 atom stereocenters. The Morgan fingerprint density at radius 2 is 1.74 bits per heavy atom. The average molecular weight is 393 g/mol. The molecule has 2 unspecified atom stereocenters. The van der Waals surface area contributed by atoms with E-state index in [1.165, 1.54) is 12.1 Å². The van der Waals surface area contributed by atoms with E-state index in [0.717, 1.165) is 17.7 Å². The largest absolute Gasteiger partial charge is 0.354 e. The molecule has 2 aromatic carbocycles. The predicted octanol–water partition coefficient (Wildman–Crippen LogP) is 1.43. The van der Waals surface area contributed by atoms with Gasteiger partial charge in [-0.15, -0.1) is 0 Å². The summed E-state index contributed by atoms with van der Waals surface area (Å²) in [5.41, 5.74) is 6.33. The first-order chi connectivity index (χ1) is 12.8. The first-order valence-corrected chi connectivity index (χ1v) is 10.1. The van der Waals surface area contributed by atoms with E-state index in [-0.39, 0.29) is 12.3 Å². The fraction of sp³-hybridized carbons (Fsp3) is 0.316. The van der Waals surface area contributed by atoms with Gasteiger partial charge in [0.05, 0.1) is 0 Å². The quantitative estimate of drug-likeness (QED) is 0.600. The second-order valence-electron chi connectivity index (χ2n) is 6.38. The first kappa shape index (κ1) is 21.0. The summed E-state index contributed by atoms with van der Waals surface area (Å²) < 4.78 is 41.5. The van der Waals surface area contributed by atoms with Crippen LogP contribution in [0.3, 0.4) is 0 Å². The number of carbonyl (C=O) groups excluding carboxylic acids is 1. The number of hydrogen-bond acceptors (Lipinski definition) is 4. The zero-order valence-electron chi connectivity index (χ0n) is 15.1. The highest BCUT2D eigenvalue weighted by Gasteiger charge is 2.27. The molecule has 0 saturated carbocycles. The maximum Gasteiger partial charge on any atom is 0.244 e. The van der Waals surface area contributed by atoms with Gasteiger partial charge < -0.3 is 11.1 Å². The molecule has 4 N–H and O–H groups in total. The minimum atomic E-state index is -4.21. The Balaban J connectivity index is 2.23. The summed E-state index contributed by atoms with van der Waals surface area (Å²) in [5.74, 6) is -1.31. The topological polar surface area (TPSA) is 101 Å². The van der Waals surface area contributed by atoms with Gasteiger partial charge in [0.15, 0.2) is 0 Å². The number of nitrogens with one attached hydrogen (secondary N) is 2. The summed E-state index contributed by atoms with van der Waals surface area (Å²) in [4.78, 5) is 12.1. The lowest BCUT2D eigenvalue weighted by Crippen LogP contribution is -2.49. The van der Waals surface area contributed by atoms with Gasteiger partial charge in [0.1, 0.15) is 16.8 Å². The normalized spacial score (nSPS) is 13.7. The molecule has 0 fully saturated rings. The van der Waals surface area contributed by atoms with Crippen molar-refractivity contribution in [2.24, 2.45) is 11.7 Å². The molecule has 0 aromatic heterocycles. The molecule has 0 heterocycles. The molecule has 2 aromatic rings. The third kappa shape index (κ3) is 6.13. The van der Waals surface area contributed by atoms with Gasteiger partial charge in [-0.1, -0.05) is 49.4 Å². The molecule has 0 radical (unpaired) electrons. The number of rotatable bonds is 9. The van der Waals surface area contributed by atoms with Gasteiger partial charge >= 0.3 is 0 Å². The lowest BCUT2D eigenvalue weighted by atomic mass is 10.1. The molecule has 27 heavy (non-hydrogen) atoms. The van der Waals surface area contributed by atoms with Gasteiger partial charge in [0.25, 0.3) is 0 Å². The Labute approximate surface area is 159 Å². The Hall–Kier alpha value is -2.29. The van der Waals surface area contributed by atoms with Crippen molar-refractivity contribution in [1.82, 2.24) is 10.0 Å². The molecule has 0 saturated heterocycles. The van der Waals surface area contributed by atoms with Crippen molar-refractivity contribution >= 4 is 15.9 Å². The molecular formula is C19H24FN3O3S. The highest BCUT2D eigenvalue weighted by atomic mass is 32.2. The molecule has 0 aliphatic carbocycles. The molecule has 146 valence electrons. The molecular weight excluding hydrogens is 369 g/mol. The Morgan fingerprint density at radius 1 is 1.11 bits per heavy atom. The van der Waals surface area contributed by atoms with Crippen molar-refractivity contribution in [1.29, 1.82) is 0 Å². The Morgan fingerprint density at radius 3 is 2.37 bits per heavy atom. The van der Waals surface area contributed by atoms with Crippen LogP contribution in [-0.2, 0) is 21.2 Å². The van der Waals surface area contributed by atoms with Gasteiger partial charge in [-0.3, -0.25) is 4.79 Å². The molecule has 0 bridgehead atoms. The van der Waals surface area contributed by atoms with Crippen LogP contribution in [0.2, 0.25) is 0 Å². The van der Waals surface area contributed by atoms with E-state index >= 15 is 0 Å². The summed E-state index contributed by atoms with van der Waals surface area (Å²) >= 11 is 0. The Bertz CT molecular complexity index is 860. The van der Waals surface area contributed by atoms with Gasteiger partial charge in [-0.2, -0.15) is 4.72 Å². The van der Waals surface area contributed by atoms with Crippen molar-refractivity contribution in [3.63, 3.8) is 0 Å². The summed E-state index contributed by atoms with van der Waals surface area (Å²) in [6.07, 6.45) is 0.136. The molecule has 1 amide bonds. The van der Waals surface area contributed by atoms with Gasteiger partial charge in [-0.25, -0.2) is 12.8 Å². The maximum absolute atomic E-state index is 13.9. The first-order valence-electron chi connectivity index (χ1n) is 8.62. The van der Waals surface area contributed by atoms with E-state index in [1.807, 2.05) is 13.0 Å². The maximum atomic E-state index is 13.9. The number of benzene rings is 2. The fourth-order valence-electron chi connectivity index (χ4n) is 2.43. The number of carbonyl (C=O) groups is 1. The molecule has 0 spiro atoms. The predicted molar refractivity (Wildman–Crippen MR) is 102 cm³/mol. The zero-order chi connectivity index (χ0) is 19.9. The fourth-order valence-corrected chi connectivity index (χ4v) is 3.71. The number of sulfonamides is 1. The van der Waals surface area contributed by atoms with Crippen LogP contribution in [0.15, 0.2) is 59.5 Å². The summed E-state index contributed by atoms with van der Waals surface area (Å²) in [6.45, 7) is 2.59. The van der Waals surface area contributed by atoms with Crippen molar-refractivity contribution in [2.75, 3.05) is 13.1 Å². The van der Waals surface area contributed by atoms with E-state index < -0.39 is 32.7 Å². The van der Waals surface area contributed by atoms with Crippen LogP contribution in [0.25, 0.3) is 0 Å². The van der Waals surface area contributed by atoms with Gasteiger partial charge in [-0.05, 0) is 36.6 Å². The van der Waals surface area contributed by atoms with Crippen LogP contribution >= 0.6 is 0 Å². The summed E-state index contributed by atoms with van der Waals surface area (Å²) in [5, 5.41) is 2.70. The van der Waals surface area contributed by atoms with Crippen LogP contribution in [-0.4, -0.2) is 33.5 Å². The second-order valence-corrected chi connectivity index (χ2v) is 8.06. The van der Waals surface area contributed by atoms with E-state index in [4.69, 9.17) is 5.73 Å². The monoisotopic (exact) mass is 393 g/mol. The van der Waals surface area contributed by atoms with Crippen molar-refractivity contribution in [2.45, 2.75) is 24.3 Å². The number of nitrogens with two attached hydrogens (primary N) is 1. The summed E-state index contributed by atoms with van der Waals surface area (Å²) in [6, 6.07) is 13.0. The minimum absolute atomic E-state index is 0.0505. The van der Waals surface area contributed by atoms with Crippen LogP contribution in [0, 0.1) is 11.7 Å². The molecule has 0 aliphatic rings. The van der Waals surface area contributed by atoms with Gasteiger partial charge in [0, 0.05) is 6.54 Å². The SMILES string of the molecule is CC(CN)CNC(=O)C(Cc1ccccc1)NS(=O)(=O)c1ccccc1F.